The van der Waals surface area contributed by atoms with Gasteiger partial charge in [0.15, 0.2) is 0 Å². The van der Waals surface area contributed by atoms with Crippen LogP contribution < -0.4 is 0 Å². The lowest BCUT2D eigenvalue weighted by Gasteiger charge is -2.00. The van der Waals surface area contributed by atoms with Crippen LogP contribution in [0, 0.1) is 3.70 Å². The molecule has 12 heavy (non-hydrogen) atoms. The van der Waals surface area contributed by atoms with Gasteiger partial charge < -0.3 is 0 Å². The van der Waals surface area contributed by atoms with Crippen LogP contribution in [0.5, 0.6) is 0 Å². The van der Waals surface area contributed by atoms with Crippen molar-refractivity contribution < 1.29 is 0 Å². The second kappa shape index (κ2) is 3.56. The molecular weight excluding hydrogens is 261 g/mol. The summed E-state index contributed by atoms with van der Waals surface area (Å²) in [6, 6.07) is 4.25. The van der Waals surface area contributed by atoms with Gasteiger partial charge in [0.2, 0.25) is 0 Å². The van der Waals surface area contributed by atoms with Crippen molar-refractivity contribution >= 4 is 28.2 Å². The van der Waals surface area contributed by atoms with Gasteiger partial charge >= 0.3 is 0 Å². The van der Waals surface area contributed by atoms with E-state index in [-0.39, 0.29) is 0 Å². The molecule has 2 rings (SSSR count). The third kappa shape index (κ3) is 1.68. The molecule has 1 aliphatic carbocycles. The van der Waals surface area contributed by atoms with Crippen molar-refractivity contribution in [3.63, 3.8) is 0 Å². The second-order valence-corrected chi connectivity index (χ2v) is 4.09. The molecule has 1 heterocycles. The lowest BCUT2D eigenvalue weighted by Crippen LogP contribution is -1.84. The SMILES string of the molecule is Ic1cc(C2=CCCC2)ccn1. The summed E-state index contributed by atoms with van der Waals surface area (Å²) in [6.45, 7) is 0. The quantitative estimate of drug-likeness (QED) is 0.564. The predicted molar refractivity (Wildman–Crippen MR) is 58.8 cm³/mol. The molecule has 0 atom stereocenters. The van der Waals surface area contributed by atoms with Crippen molar-refractivity contribution in [1.29, 1.82) is 0 Å². The zero-order chi connectivity index (χ0) is 8.39. The summed E-state index contributed by atoms with van der Waals surface area (Å²) in [5, 5.41) is 0. The molecule has 0 bridgehead atoms. The van der Waals surface area contributed by atoms with E-state index in [1.165, 1.54) is 30.4 Å². The Morgan fingerprint density at radius 1 is 1.42 bits per heavy atom. The maximum atomic E-state index is 4.17. The molecule has 0 saturated carbocycles. The summed E-state index contributed by atoms with van der Waals surface area (Å²) in [6.07, 6.45) is 8.02. The summed E-state index contributed by atoms with van der Waals surface area (Å²) < 4.78 is 1.08. The van der Waals surface area contributed by atoms with Crippen LogP contribution in [-0.2, 0) is 0 Å². The monoisotopic (exact) mass is 271 g/mol. The first-order chi connectivity index (χ1) is 5.86. The van der Waals surface area contributed by atoms with E-state index in [1.54, 1.807) is 0 Å². The first-order valence-electron chi connectivity index (χ1n) is 4.17. The van der Waals surface area contributed by atoms with Gasteiger partial charge in [0.1, 0.15) is 3.70 Å². The van der Waals surface area contributed by atoms with Gasteiger partial charge in [0, 0.05) is 6.20 Å². The van der Waals surface area contributed by atoms with Gasteiger partial charge in [-0.25, -0.2) is 0 Å². The lowest BCUT2D eigenvalue weighted by atomic mass is 10.1. The summed E-state index contributed by atoms with van der Waals surface area (Å²) >= 11 is 2.25. The molecule has 0 aromatic carbocycles. The summed E-state index contributed by atoms with van der Waals surface area (Å²) in [5.41, 5.74) is 2.85. The average Bonchev–Trinajstić information content (AvgIpc) is 2.56. The Morgan fingerprint density at radius 3 is 3.00 bits per heavy atom. The lowest BCUT2D eigenvalue weighted by molar-refractivity contribution is 0.935. The van der Waals surface area contributed by atoms with E-state index < -0.39 is 0 Å². The number of hydrogen-bond acceptors (Lipinski definition) is 1. The van der Waals surface area contributed by atoms with Gasteiger partial charge in [-0.3, -0.25) is 4.98 Å². The van der Waals surface area contributed by atoms with Gasteiger partial charge in [0.25, 0.3) is 0 Å². The Balaban J connectivity index is 2.33. The van der Waals surface area contributed by atoms with E-state index in [9.17, 15) is 0 Å². The fourth-order valence-electron chi connectivity index (χ4n) is 1.54. The molecule has 0 saturated heterocycles. The summed E-state index contributed by atoms with van der Waals surface area (Å²) in [4.78, 5) is 4.17. The van der Waals surface area contributed by atoms with Crippen molar-refractivity contribution in [2.45, 2.75) is 19.3 Å². The normalized spacial score (nSPS) is 16.2. The molecule has 0 radical (unpaired) electrons. The van der Waals surface area contributed by atoms with Crippen LogP contribution in [0.25, 0.3) is 5.57 Å². The van der Waals surface area contributed by atoms with E-state index >= 15 is 0 Å². The third-order valence-electron chi connectivity index (χ3n) is 2.14. The molecule has 0 aliphatic heterocycles. The van der Waals surface area contributed by atoms with Crippen LogP contribution in [0.4, 0.5) is 0 Å². The van der Waals surface area contributed by atoms with E-state index in [0.717, 1.165) is 3.70 Å². The largest absolute Gasteiger partial charge is 0.250 e. The predicted octanol–water partition coefficient (Wildman–Crippen LogP) is 3.25. The number of pyridine rings is 1. The number of hydrogen-bond donors (Lipinski definition) is 0. The molecule has 1 aromatic rings. The second-order valence-electron chi connectivity index (χ2n) is 2.99. The minimum absolute atomic E-state index is 1.08. The highest BCUT2D eigenvalue weighted by atomic mass is 127. The van der Waals surface area contributed by atoms with Crippen LogP contribution in [0.2, 0.25) is 0 Å². The average molecular weight is 271 g/mol. The molecule has 0 unspecified atom stereocenters. The number of halogens is 1. The smallest absolute Gasteiger partial charge is 0.101 e. The first-order valence-corrected chi connectivity index (χ1v) is 5.25. The molecule has 1 aliphatic rings. The van der Waals surface area contributed by atoms with E-state index in [1.807, 2.05) is 6.20 Å². The van der Waals surface area contributed by atoms with E-state index in [0.29, 0.717) is 0 Å². The van der Waals surface area contributed by atoms with Crippen LogP contribution in [0.3, 0.4) is 0 Å². The van der Waals surface area contributed by atoms with Crippen LogP contribution >= 0.6 is 22.6 Å². The van der Waals surface area contributed by atoms with Crippen molar-refractivity contribution in [2.75, 3.05) is 0 Å². The standard InChI is InChI=1S/C10H10IN/c11-10-7-9(5-6-12-10)8-3-1-2-4-8/h3,5-7H,1-2,4H2. The maximum Gasteiger partial charge on any atom is 0.101 e. The van der Waals surface area contributed by atoms with Gasteiger partial charge in [-0.05, 0) is 65.1 Å². The molecule has 1 nitrogen and oxygen atoms in total. The Hall–Kier alpha value is -0.380. The zero-order valence-electron chi connectivity index (χ0n) is 6.76. The molecule has 0 amide bonds. The summed E-state index contributed by atoms with van der Waals surface area (Å²) in [7, 11) is 0. The van der Waals surface area contributed by atoms with Crippen LogP contribution in [0.1, 0.15) is 24.8 Å². The Morgan fingerprint density at radius 2 is 2.33 bits per heavy atom. The van der Waals surface area contributed by atoms with Crippen LogP contribution in [0.15, 0.2) is 24.4 Å². The van der Waals surface area contributed by atoms with Gasteiger partial charge in [-0.15, -0.1) is 0 Å². The molecule has 0 spiro atoms. The number of aromatic nitrogens is 1. The third-order valence-corrected chi connectivity index (χ3v) is 2.73. The highest BCUT2D eigenvalue weighted by Gasteiger charge is 2.06. The summed E-state index contributed by atoms with van der Waals surface area (Å²) in [5.74, 6) is 0. The Bertz CT molecular complexity index is 317. The van der Waals surface area contributed by atoms with Crippen molar-refractivity contribution in [1.82, 2.24) is 4.98 Å². The maximum absolute atomic E-state index is 4.17. The fraction of sp³-hybridized carbons (Fsp3) is 0.300. The molecule has 0 fully saturated rings. The van der Waals surface area contributed by atoms with Gasteiger partial charge in [-0.1, -0.05) is 6.08 Å². The topological polar surface area (TPSA) is 12.9 Å². The fourth-order valence-corrected chi connectivity index (χ4v) is 2.03. The molecule has 2 heteroatoms. The minimum atomic E-state index is 1.08. The number of rotatable bonds is 1. The zero-order valence-corrected chi connectivity index (χ0v) is 8.91. The Labute approximate surface area is 86.0 Å². The Kier molecular flexibility index (Phi) is 2.44. The molecule has 62 valence electrons. The minimum Gasteiger partial charge on any atom is -0.250 e. The highest BCUT2D eigenvalue weighted by Crippen LogP contribution is 2.27. The highest BCUT2D eigenvalue weighted by molar-refractivity contribution is 14.1. The number of nitrogens with zero attached hydrogens (tertiary/aromatic N) is 1. The first kappa shape index (κ1) is 8.23. The van der Waals surface area contributed by atoms with Gasteiger partial charge in [-0.2, -0.15) is 0 Å². The van der Waals surface area contributed by atoms with E-state index in [4.69, 9.17) is 0 Å². The van der Waals surface area contributed by atoms with Crippen LogP contribution in [-0.4, -0.2) is 4.98 Å². The molecule has 1 aromatic heterocycles. The molecular formula is C10H10IN. The van der Waals surface area contributed by atoms with Crippen molar-refractivity contribution in [3.8, 4) is 0 Å². The number of allylic oxidation sites excluding steroid dienone is 2. The molecule has 0 N–H and O–H groups in total. The van der Waals surface area contributed by atoms with Gasteiger partial charge in [0.05, 0.1) is 0 Å². The van der Waals surface area contributed by atoms with Crippen molar-refractivity contribution in [3.05, 3.63) is 33.7 Å². The van der Waals surface area contributed by atoms with Crippen molar-refractivity contribution in [2.24, 2.45) is 0 Å². The van der Waals surface area contributed by atoms with E-state index in [2.05, 4.69) is 45.8 Å².